The van der Waals surface area contributed by atoms with Gasteiger partial charge in [0.15, 0.2) is 0 Å². The van der Waals surface area contributed by atoms with Crippen molar-refractivity contribution in [3.05, 3.63) is 143 Å². The van der Waals surface area contributed by atoms with Gasteiger partial charge in [0.25, 0.3) is 0 Å². The summed E-state index contributed by atoms with van der Waals surface area (Å²) in [6, 6.07) is 39.3. The molecule has 0 aliphatic rings. The quantitative estimate of drug-likeness (QED) is 0.195. The minimum atomic E-state index is -4.67. The van der Waals surface area contributed by atoms with Crippen molar-refractivity contribution >= 4 is 43.6 Å². The van der Waals surface area contributed by atoms with Crippen LogP contribution in [0.3, 0.4) is 0 Å². The van der Waals surface area contributed by atoms with Gasteiger partial charge < -0.3 is 9.13 Å². The predicted octanol–water partition coefficient (Wildman–Crippen LogP) is 10.9. The van der Waals surface area contributed by atoms with Crippen molar-refractivity contribution in [1.82, 2.24) is 9.13 Å². The Morgan fingerprint density at radius 3 is 1.62 bits per heavy atom. The smallest absolute Gasteiger partial charge is 0.309 e. The summed E-state index contributed by atoms with van der Waals surface area (Å²) in [6.07, 6.45) is -4.67. The van der Waals surface area contributed by atoms with Gasteiger partial charge >= 0.3 is 6.18 Å². The Balaban J connectivity index is 1.55. The number of aromatic nitrogens is 2. The molecular formula is C41H25F3N4. The number of hydrogen-bond donors (Lipinski definition) is 0. The Bertz CT molecular complexity index is 2710. The number of nitrogens with zero attached hydrogens (tertiary/aromatic N) is 4. The molecule has 6 aromatic carbocycles. The maximum atomic E-state index is 14.3. The molecule has 0 bridgehead atoms. The van der Waals surface area contributed by atoms with Crippen molar-refractivity contribution in [3.63, 3.8) is 0 Å². The van der Waals surface area contributed by atoms with Crippen LogP contribution in [0.4, 0.5) is 13.2 Å². The Morgan fingerprint density at radius 2 is 1.08 bits per heavy atom. The zero-order chi connectivity index (χ0) is 33.3. The fourth-order valence-corrected chi connectivity index (χ4v) is 6.97. The summed E-state index contributed by atoms with van der Waals surface area (Å²) in [7, 11) is 0. The second-order valence-electron chi connectivity index (χ2n) is 12.2. The van der Waals surface area contributed by atoms with Gasteiger partial charge in [0.1, 0.15) is 6.07 Å². The van der Waals surface area contributed by atoms with Crippen LogP contribution in [0.2, 0.25) is 0 Å². The summed E-state index contributed by atoms with van der Waals surface area (Å²) < 4.78 is 46.8. The predicted molar refractivity (Wildman–Crippen MR) is 184 cm³/mol. The summed E-state index contributed by atoms with van der Waals surface area (Å²) in [6.45, 7) is 4.03. The van der Waals surface area contributed by atoms with E-state index in [1.807, 2.05) is 102 Å². The molecule has 8 rings (SSSR count). The number of fused-ring (bicyclic) bond motifs is 6. The normalized spacial score (nSPS) is 11.8. The topological polar surface area (TPSA) is 57.4 Å². The zero-order valence-corrected chi connectivity index (χ0v) is 25.9. The Hall–Kier alpha value is -6.31. The van der Waals surface area contributed by atoms with Crippen LogP contribution in [0.15, 0.2) is 115 Å². The van der Waals surface area contributed by atoms with Crippen LogP contribution in [-0.2, 0) is 6.18 Å². The lowest BCUT2D eigenvalue weighted by Crippen LogP contribution is -2.07. The van der Waals surface area contributed by atoms with Gasteiger partial charge in [-0.2, -0.15) is 23.7 Å². The summed E-state index contributed by atoms with van der Waals surface area (Å²) in [5, 5.41) is 24.5. The van der Waals surface area contributed by atoms with Crippen molar-refractivity contribution < 1.29 is 13.2 Å². The molecule has 0 atom stereocenters. The van der Waals surface area contributed by atoms with Crippen LogP contribution in [0, 0.1) is 36.5 Å². The molecule has 2 heterocycles. The highest BCUT2D eigenvalue weighted by Crippen LogP contribution is 2.42. The molecule has 4 nitrogen and oxygen atoms in total. The van der Waals surface area contributed by atoms with E-state index in [1.165, 1.54) is 6.07 Å². The highest BCUT2D eigenvalue weighted by Gasteiger charge is 2.32. The Kier molecular flexibility index (Phi) is 6.44. The third kappa shape index (κ3) is 4.44. The fourth-order valence-electron chi connectivity index (χ4n) is 6.97. The molecule has 0 saturated carbocycles. The molecule has 8 aromatic rings. The SMILES string of the molecule is Cc1ccc2c(c1)c1ccccc1n2-c1cc(-c2cc(C#N)cc(C(F)(F)F)c2)c(-n2c3ccccc3c3cc(C)ccc32)cc1C#N. The fraction of sp³-hybridized carbons (Fsp3) is 0.0732. The molecule has 0 spiro atoms. The van der Waals surface area contributed by atoms with Crippen molar-refractivity contribution in [1.29, 1.82) is 10.5 Å². The van der Waals surface area contributed by atoms with Gasteiger partial charge in [-0.15, -0.1) is 0 Å². The third-order valence-corrected chi connectivity index (χ3v) is 9.07. The number of hydrogen-bond acceptors (Lipinski definition) is 2. The highest BCUT2D eigenvalue weighted by atomic mass is 19.4. The van der Waals surface area contributed by atoms with E-state index in [1.54, 1.807) is 12.1 Å². The van der Waals surface area contributed by atoms with Gasteiger partial charge in [-0.25, -0.2) is 0 Å². The summed E-state index contributed by atoms with van der Waals surface area (Å²) >= 11 is 0. The number of alkyl halides is 3. The van der Waals surface area contributed by atoms with Crippen LogP contribution in [0.1, 0.15) is 27.8 Å². The number of aryl methyl sites for hydroxylation is 2. The highest BCUT2D eigenvalue weighted by molar-refractivity contribution is 6.11. The summed E-state index contributed by atoms with van der Waals surface area (Å²) in [4.78, 5) is 0. The van der Waals surface area contributed by atoms with E-state index in [2.05, 4.69) is 18.2 Å². The van der Waals surface area contributed by atoms with E-state index in [-0.39, 0.29) is 11.1 Å². The Labute approximate surface area is 273 Å². The van der Waals surface area contributed by atoms with Crippen molar-refractivity contribution in [2.75, 3.05) is 0 Å². The van der Waals surface area contributed by atoms with Gasteiger partial charge in [-0.1, -0.05) is 59.7 Å². The maximum Gasteiger partial charge on any atom is 0.416 e. The van der Waals surface area contributed by atoms with E-state index in [9.17, 15) is 23.7 Å². The minimum Gasteiger partial charge on any atom is -0.309 e. The molecule has 0 amide bonds. The lowest BCUT2D eigenvalue weighted by Gasteiger charge is -2.19. The number of benzene rings is 6. The number of para-hydroxylation sites is 2. The number of nitriles is 2. The molecule has 0 fully saturated rings. The monoisotopic (exact) mass is 630 g/mol. The molecule has 0 aliphatic heterocycles. The molecule has 0 saturated heterocycles. The van der Waals surface area contributed by atoms with E-state index >= 15 is 0 Å². The first-order valence-electron chi connectivity index (χ1n) is 15.4. The molecule has 2 aromatic heterocycles. The summed E-state index contributed by atoms with van der Waals surface area (Å²) in [5.41, 5.74) is 6.62. The van der Waals surface area contributed by atoms with Crippen molar-refractivity contribution in [2.24, 2.45) is 0 Å². The van der Waals surface area contributed by atoms with Gasteiger partial charge in [0.05, 0.1) is 56.2 Å². The largest absolute Gasteiger partial charge is 0.416 e. The van der Waals surface area contributed by atoms with Crippen LogP contribution < -0.4 is 0 Å². The molecule has 230 valence electrons. The molecule has 0 unspecified atom stereocenters. The van der Waals surface area contributed by atoms with Crippen molar-refractivity contribution in [2.45, 2.75) is 20.0 Å². The number of rotatable bonds is 3. The van der Waals surface area contributed by atoms with E-state index < -0.39 is 11.7 Å². The first-order chi connectivity index (χ1) is 23.2. The maximum absolute atomic E-state index is 14.3. The molecule has 0 N–H and O–H groups in total. The molecule has 0 radical (unpaired) electrons. The Morgan fingerprint density at radius 1 is 0.542 bits per heavy atom. The number of halogens is 3. The van der Waals surface area contributed by atoms with E-state index in [0.717, 1.165) is 66.9 Å². The lowest BCUT2D eigenvalue weighted by molar-refractivity contribution is -0.137. The van der Waals surface area contributed by atoms with E-state index in [4.69, 9.17) is 0 Å². The van der Waals surface area contributed by atoms with Crippen LogP contribution in [0.25, 0.3) is 66.1 Å². The van der Waals surface area contributed by atoms with Crippen molar-refractivity contribution in [3.8, 4) is 34.6 Å². The first kappa shape index (κ1) is 29.1. The summed E-state index contributed by atoms with van der Waals surface area (Å²) in [5.74, 6) is 0. The van der Waals surface area contributed by atoms with Crippen LogP contribution in [0.5, 0.6) is 0 Å². The molecule has 0 aliphatic carbocycles. The van der Waals surface area contributed by atoms with Crippen LogP contribution >= 0.6 is 0 Å². The second kappa shape index (κ2) is 10.6. The average Bonchev–Trinajstić information content (AvgIpc) is 3.59. The van der Waals surface area contributed by atoms with Gasteiger partial charge in [-0.3, -0.25) is 0 Å². The van der Waals surface area contributed by atoms with E-state index in [0.29, 0.717) is 22.5 Å². The minimum absolute atomic E-state index is 0.109. The third-order valence-electron chi connectivity index (χ3n) is 9.07. The zero-order valence-electron chi connectivity index (χ0n) is 25.9. The van der Waals surface area contributed by atoms with Crippen LogP contribution in [-0.4, -0.2) is 9.13 Å². The molecule has 7 heteroatoms. The average molecular weight is 631 g/mol. The lowest BCUT2D eigenvalue weighted by atomic mass is 9.95. The standard InChI is InChI=1S/C41H25F3N4/c1-24-11-13-37-33(15-24)30-7-3-5-9-35(30)47(37)39-21-32(27-17-26(22-45)18-29(19-27)41(42,43)44)40(20-28(39)23-46)48-36-10-6-4-8-31(36)34-16-25(2)12-14-38(34)48/h3-21H,1-2H3. The molecule has 48 heavy (non-hydrogen) atoms. The molecular weight excluding hydrogens is 605 g/mol. The first-order valence-corrected chi connectivity index (χ1v) is 15.4. The van der Waals surface area contributed by atoms with Gasteiger partial charge in [0, 0.05) is 27.1 Å². The van der Waals surface area contributed by atoms with Gasteiger partial charge in [-0.05, 0) is 86.1 Å². The second-order valence-corrected chi connectivity index (χ2v) is 12.2. The van der Waals surface area contributed by atoms with Gasteiger partial charge in [0.2, 0.25) is 0 Å².